The number of hydrogen-bond acceptors (Lipinski definition) is 8. The summed E-state index contributed by atoms with van der Waals surface area (Å²) in [5.41, 5.74) is 1.63. The molecule has 0 amide bonds. The molecular formula is C17H19N5O5. The Hall–Kier alpha value is -2.79. The molecule has 1 aliphatic rings. The largest absolute Gasteiger partial charge is 0.394 e. The number of nitrogens with zero attached hydrogens (tertiary/aromatic N) is 3. The van der Waals surface area contributed by atoms with Gasteiger partial charge in [0, 0.05) is 5.69 Å². The van der Waals surface area contributed by atoms with Crippen molar-refractivity contribution >= 4 is 22.8 Å². The van der Waals surface area contributed by atoms with Crippen LogP contribution in [0.1, 0.15) is 11.8 Å². The first-order chi connectivity index (χ1) is 13.0. The van der Waals surface area contributed by atoms with Gasteiger partial charge in [0.2, 0.25) is 5.95 Å². The van der Waals surface area contributed by atoms with Gasteiger partial charge in [-0.3, -0.25) is 14.3 Å². The SMILES string of the molecule is Cc1ccc(Nc2nc3c(ncn3C3O[C@@H](CO)[C@H](O)[C@@H]3O)c(=O)[nH]2)cc1. The van der Waals surface area contributed by atoms with E-state index in [1.54, 1.807) is 0 Å². The van der Waals surface area contributed by atoms with Crippen molar-refractivity contribution in [1.82, 2.24) is 19.5 Å². The average molecular weight is 373 g/mol. The quantitative estimate of drug-likeness (QED) is 0.422. The van der Waals surface area contributed by atoms with Crippen molar-refractivity contribution in [1.29, 1.82) is 0 Å². The van der Waals surface area contributed by atoms with Gasteiger partial charge in [0.05, 0.1) is 12.9 Å². The van der Waals surface area contributed by atoms with Crippen LogP contribution in [0.2, 0.25) is 0 Å². The minimum atomic E-state index is -1.30. The third-order valence-corrected chi connectivity index (χ3v) is 4.54. The van der Waals surface area contributed by atoms with Crippen molar-refractivity contribution in [3.63, 3.8) is 0 Å². The third kappa shape index (κ3) is 3.08. The molecule has 1 saturated heterocycles. The lowest BCUT2D eigenvalue weighted by Crippen LogP contribution is -2.33. The summed E-state index contributed by atoms with van der Waals surface area (Å²) in [6.45, 7) is 1.52. The van der Waals surface area contributed by atoms with E-state index in [0.29, 0.717) is 0 Å². The van der Waals surface area contributed by atoms with Gasteiger partial charge in [0.25, 0.3) is 5.56 Å². The van der Waals surface area contributed by atoms with Crippen LogP contribution < -0.4 is 10.9 Å². The third-order valence-electron chi connectivity index (χ3n) is 4.54. The Morgan fingerprint density at radius 3 is 2.67 bits per heavy atom. The second-order valence-corrected chi connectivity index (χ2v) is 6.46. The molecule has 1 aliphatic heterocycles. The lowest BCUT2D eigenvalue weighted by atomic mass is 10.1. The van der Waals surface area contributed by atoms with E-state index in [1.807, 2.05) is 31.2 Å². The minimum Gasteiger partial charge on any atom is -0.394 e. The number of rotatable bonds is 4. The number of H-pyrrole nitrogens is 1. The molecule has 0 radical (unpaired) electrons. The molecule has 3 aromatic rings. The average Bonchev–Trinajstić information content (AvgIpc) is 3.19. The second kappa shape index (κ2) is 6.74. The first-order valence-corrected chi connectivity index (χ1v) is 8.41. The zero-order chi connectivity index (χ0) is 19.1. The van der Waals surface area contributed by atoms with Crippen LogP contribution in [0.15, 0.2) is 35.4 Å². The van der Waals surface area contributed by atoms with Crippen LogP contribution in [0.25, 0.3) is 11.2 Å². The van der Waals surface area contributed by atoms with Crippen LogP contribution in [0.4, 0.5) is 11.6 Å². The molecule has 5 N–H and O–H groups in total. The van der Waals surface area contributed by atoms with E-state index in [1.165, 1.54) is 10.9 Å². The lowest BCUT2D eigenvalue weighted by Gasteiger charge is -2.16. The molecule has 1 fully saturated rings. The van der Waals surface area contributed by atoms with Gasteiger partial charge in [-0.05, 0) is 19.1 Å². The van der Waals surface area contributed by atoms with Crippen molar-refractivity contribution in [2.45, 2.75) is 31.5 Å². The Morgan fingerprint density at radius 1 is 1.26 bits per heavy atom. The predicted octanol–water partition coefficient (Wildman–Crippen LogP) is -0.217. The zero-order valence-electron chi connectivity index (χ0n) is 14.4. The Balaban J connectivity index is 1.72. The number of hydrogen-bond donors (Lipinski definition) is 5. The maximum Gasteiger partial charge on any atom is 0.280 e. The Morgan fingerprint density at radius 2 is 2.00 bits per heavy atom. The number of aryl methyl sites for hydroxylation is 1. The summed E-state index contributed by atoms with van der Waals surface area (Å²) in [5, 5.41) is 32.4. The number of aliphatic hydroxyl groups is 3. The normalized spacial score (nSPS) is 25.2. The predicted molar refractivity (Wildman–Crippen MR) is 95.6 cm³/mol. The van der Waals surface area contributed by atoms with E-state index >= 15 is 0 Å². The van der Waals surface area contributed by atoms with Crippen LogP contribution in [-0.4, -0.2) is 59.8 Å². The maximum atomic E-state index is 12.3. The molecule has 2 aromatic heterocycles. The molecule has 4 atom stereocenters. The number of nitrogens with one attached hydrogen (secondary N) is 2. The maximum absolute atomic E-state index is 12.3. The number of benzene rings is 1. The second-order valence-electron chi connectivity index (χ2n) is 6.46. The van der Waals surface area contributed by atoms with Gasteiger partial charge >= 0.3 is 0 Å². The fourth-order valence-corrected chi connectivity index (χ4v) is 3.05. The summed E-state index contributed by atoms with van der Waals surface area (Å²) < 4.78 is 6.87. The monoisotopic (exact) mass is 373 g/mol. The number of ether oxygens (including phenoxy) is 1. The Labute approximate surface area is 153 Å². The van der Waals surface area contributed by atoms with E-state index in [2.05, 4.69) is 20.3 Å². The highest BCUT2D eigenvalue weighted by molar-refractivity contribution is 5.72. The molecule has 0 aliphatic carbocycles. The van der Waals surface area contributed by atoms with Crippen LogP contribution in [-0.2, 0) is 4.74 Å². The standard InChI is InChI=1S/C17H19N5O5/c1-8-2-4-9(5-3-8)19-17-20-14-11(15(26)21-17)18-7-22(14)16-13(25)12(24)10(6-23)27-16/h2-5,7,10,12-13,16,23-25H,6H2,1H3,(H2,19,20,21,26)/t10-,12-,13-,16?/m0/s1. The Bertz CT molecular complexity index is 1010. The number of aromatic amines is 1. The molecule has 1 aromatic carbocycles. The van der Waals surface area contributed by atoms with E-state index in [0.717, 1.165) is 11.3 Å². The molecular weight excluding hydrogens is 354 g/mol. The number of fused-ring (bicyclic) bond motifs is 1. The van der Waals surface area contributed by atoms with Crippen molar-refractivity contribution in [3.8, 4) is 0 Å². The van der Waals surface area contributed by atoms with Gasteiger partial charge < -0.3 is 25.4 Å². The summed E-state index contributed by atoms with van der Waals surface area (Å²) in [4.78, 5) is 23.3. The first kappa shape index (κ1) is 17.6. The van der Waals surface area contributed by atoms with E-state index in [4.69, 9.17) is 4.74 Å². The van der Waals surface area contributed by atoms with Crippen molar-refractivity contribution < 1.29 is 20.1 Å². The van der Waals surface area contributed by atoms with Gasteiger partial charge in [-0.2, -0.15) is 4.98 Å². The van der Waals surface area contributed by atoms with Gasteiger partial charge in [0.1, 0.15) is 18.3 Å². The molecule has 142 valence electrons. The number of imidazole rings is 1. The molecule has 3 heterocycles. The number of aliphatic hydroxyl groups excluding tert-OH is 3. The summed E-state index contributed by atoms with van der Waals surface area (Å²) in [7, 11) is 0. The van der Waals surface area contributed by atoms with Gasteiger partial charge in [-0.25, -0.2) is 4.98 Å². The first-order valence-electron chi connectivity index (χ1n) is 8.41. The topological polar surface area (TPSA) is 146 Å². The molecule has 0 spiro atoms. The number of aromatic nitrogens is 4. The highest BCUT2D eigenvalue weighted by atomic mass is 16.6. The van der Waals surface area contributed by atoms with Gasteiger partial charge in [0.15, 0.2) is 17.4 Å². The summed E-state index contributed by atoms with van der Waals surface area (Å²) in [6.07, 6.45) is -3.21. The molecule has 1 unspecified atom stereocenters. The molecule has 0 saturated carbocycles. The minimum absolute atomic E-state index is 0.0715. The van der Waals surface area contributed by atoms with Crippen LogP contribution in [0, 0.1) is 6.92 Å². The smallest absolute Gasteiger partial charge is 0.280 e. The zero-order valence-corrected chi connectivity index (χ0v) is 14.4. The highest BCUT2D eigenvalue weighted by Crippen LogP contribution is 2.31. The molecule has 10 heteroatoms. The van der Waals surface area contributed by atoms with E-state index in [-0.39, 0.29) is 17.1 Å². The molecule has 4 rings (SSSR count). The molecule has 0 bridgehead atoms. The fourth-order valence-electron chi connectivity index (χ4n) is 3.05. The van der Waals surface area contributed by atoms with Crippen molar-refractivity contribution in [2.24, 2.45) is 0 Å². The van der Waals surface area contributed by atoms with Gasteiger partial charge in [-0.1, -0.05) is 17.7 Å². The van der Waals surface area contributed by atoms with Crippen molar-refractivity contribution in [3.05, 3.63) is 46.5 Å². The molecule has 27 heavy (non-hydrogen) atoms. The fraction of sp³-hybridized carbons (Fsp3) is 0.353. The number of anilines is 2. The van der Waals surface area contributed by atoms with Crippen LogP contribution in [0.3, 0.4) is 0 Å². The lowest BCUT2D eigenvalue weighted by molar-refractivity contribution is -0.0511. The summed E-state index contributed by atoms with van der Waals surface area (Å²) >= 11 is 0. The van der Waals surface area contributed by atoms with Crippen LogP contribution in [0.5, 0.6) is 0 Å². The van der Waals surface area contributed by atoms with Crippen molar-refractivity contribution in [2.75, 3.05) is 11.9 Å². The van der Waals surface area contributed by atoms with E-state index in [9.17, 15) is 20.1 Å². The van der Waals surface area contributed by atoms with E-state index < -0.39 is 36.7 Å². The van der Waals surface area contributed by atoms with Crippen LogP contribution >= 0.6 is 0 Å². The summed E-state index contributed by atoms with van der Waals surface area (Å²) in [5.74, 6) is 0.199. The van der Waals surface area contributed by atoms with Gasteiger partial charge in [-0.15, -0.1) is 0 Å². The molecule has 10 nitrogen and oxygen atoms in total. The highest BCUT2D eigenvalue weighted by Gasteiger charge is 2.44. The Kier molecular flexibility index (Phi) is 4.40. The summed E-state index contributed by atoms with van der Waals surface area (Å²) in [6, 6.07) is 7.54.